The van der Waals surface area contributed by atoms with Crippen LogP contribution in [0, 0.1) is 0 Å². The molecule has 25 heavy (non-hydrogen) atoms. The van der Waals surface area contributed by atoms with Crippen LogP contribution in [0.15, 0.2) is 47.4 Å². The molecule has 132 valence electrons. The summed E-state index contributed by atoms with van der Waals surface area (Å²) >= 11 is 14.9. The highest BCUT2D eigenvalue weighted by Gasteiger charge is 2.09. The quantitative estimate of drug-likeness (QED) is 0.542. The lowest BCUT2D eigenvalue weighted by Gasteiger charge is -2.08. The summed E-state index contributed by atoms with van der Waals surface area (Å²) in [5.74, 6) is 0.290. The van der Waals surface area contributed by atoms with Gasteiger partial charge in [-0.15, -0.1) is 11.8 Å². The van der Waals surface area contributed by atoms with Crippen molar-refractivity contribution in [1.82, 2.24) is 10.9 Å². The second-order valence-corrected chi connectivity index (χ2v) is 7.72. The summed E-state index contributed by atoms with van der Waals surface area (Å²) in [4.78, 5) is 24.6. The maximum Gasteiger partial charge on any atom is 0.269 e. The molecule has 0 heterocycles. The van der Waals surface area contributed by atoms with Crippen molar-refractivity contribution < 1.29 is 9.59 Å². The first kappa shape index (κ1) is 20.0. The molecular formula is C17H16Cl2N2O2S2. The number of hydrogen-bond donors (Lipinski definition) is 2. The molecule has 2 rings (SSSR count). The first-order valence-electron chi connectivity index (χ1n) is 7.24. The smallest absolute Gasteiger partial charge is 0.269 e. The molecule has 2 aromatic rings. The first-order valence-corrected chi connectivity index (χ1v) is 10.4. The molecule has 4 nitrogen and oxygen atoms in total. The van der Waals surface area contributed by atoms with E-state index in [0.29, 0.717) is 20.5 Å². The van der Waals surface area contributed by atoms with Crippen molar-refractivity contribution in [3.8, 4) is 0 Å². The molecular weight excluding hydrogens is 399 g/mol. The van der Waals surface area contributed by atoms with Gasteiger partial charge in [0.1, 0.15) is 0 Å². The standard InChI is InChI=1S/C17H16Cl2N2O2S2/c1-24-9-11-2-4-12(5-3-11)17(23)21-20-16(22)10-25-15-8-13(18)6-7-14(15)19/h2-8H,9-10H2,1H3,(H,20,22)(H,21,23). The van der Waals surface area contributed by atoms with Crippen LogP contribution in [-0.4, -0.2) is 23.8 Å². The number of amides is 2. The molecule has 2 amide bonds. The van der Waals surface area contributed by atoms with Crippen LogP contribution in [0.4, 0.5) is 0 Å². The number of rotatable bonds is 6. The zero-order valence-corrected chi connectivity index (χ0v) is 16.5. The molecule has 0 unspecified atom stereocenters. The lowest BCUT2D eigenvalue weighted by atomic mass is 10.1. The maximum atomic E-state index is 12.0. The minimum atomic E-state index is -0.366. The molecule has 2 N–H and O–H groups in total. The van der Waals surface area contributed by atoms with Crippen LogP contribution in [0.25, 0.3) is 0 Å². The minimum absolute atomic E-state index is 0.104. The fourth-order valence-corrected chi connectivity index (χ4v) is 3.70. The minimum Gasteiger partial charge on any atom is -0.272 e. The van der Waals surface area contributed by atoms with E-state index in [1.165, 1.54) is 11.8 Å². The van der Waals surface area contributed by atoms with Gasteiger partial charge in [-0.1, -0.05) is 35.3 Å². The summed E-state index contributed by atoms with van der Waals surface area (Å²) in [5.41, 5.74) is 6.41. The van der Waals surface area contributed by atoms with Gasteiger partial charge >= 0.3 is 0 Å². The number of hydrazine groups is 1. The third-order valence-electron chi connectivity index (χ3n) is 3.09. The van der Waals surface area contributed by atoms with Gasteiger partial charge in [-0.2, -0.15) is 11.8 Å². The average Bonchev–Trinajstić information content (AvgIpc) is 2.61. The Hall–Kier alpha value is -1.34. The van der Waals surface area contributed by atoms with Gasteiger partial charge in [0.15, 0.2) is 0 Å². The van der Waals surface area contributed by atoms with E-state index in [2.05, 4.69) is 10.9 Å². The van der Waals surface area contributed by atoms with Crippen LogP contribution >= 0.6 is 46.7 Å². The highest BCUT2D eigenvalue weighted by Crippen LogP contribution is 2.29. The summed E-state index contributed by atoms with van der Waals surface area (Å²) < 4.78 is 0. The molecule has 0 aliphatic rings. The summed E-state index contributed by atoms with van der Waals surface area (Å²) in [7, 11) is 0. The van der Waals surface area contributed by atoms with Crippen molar-refractivity contribution >= 4 is 58.5 Å². The highest BCUT2D eigenvalue weighted by atomic mass is 35.5. The Morgan fingerprint density at radius 2 is 1.76 bits per heavy atom. The van der Waals surface area contributed by atoms with E-state index in [0.717, 1.165) is 11.3 Å². The predicted octanol–water partition coefficient (Wildman–Crippen LogP) is 4.41. The molecule has 0 aliphatic heterocycles. The topological polar surface area (TPSA) is 58.2 Å². The number of hydrogen-bond acceptors (Lipinski definition) is 4. The van der Waals surface area contributed by atoms with Crippen LogP contribution in [0.1, 0.15) is 15.9 Å². The lowest BCUT2D eigenvalue weighted by molar-refractivity contribution is -0.119. The van der Waals surface area contributed by atoms with Crippen molar-refractivity contribution in [2.45, 2.75) is 10.6 Å². The predicted molar refractivity (Wildman–Crippen MR) is 106 cm³/mol. The van der Waals surface area contributed by atoms with Crippen LogP contribution in [0.3, 0.4) is 0 Å². The number of nitrogens with one attached hydrogen (secondary N) is 2. The van der Waals surface area contributed by atoms with E-state index in [4.69, 9.17) is 23.2 Å². The first-order chi connectivity index (χ1) is 12.0. The highest BCUT2D eigenvalue weighted by molar-refractivity contribution is 8.00. The SMILES string of the molecule is CSCc1ccc(C(=O)NNC(=O)CSc2cc(Cl)ccc2Cl)cc1. The lowest BCUT2D eigenvalue weighted by Crippen LogP contribution is -2.42. The normalized spacial score (nSPS) is 10.4. The summed E-state index contributed by atoms with van der Waals surface area (Å²) in [6.45, 7) is 0. The molecule has 0 bridgehead atoms. The maximum absolute atomic E-state index is 12.0. The second-order valence-electron chi connectivity index (χ2n) is 5.00. The number of carbonyl (C=O) groups is 2. The van der Waals surface area contributed by atoms with E-state index in [9.17, 15) is 9.59 Å². The summed E-state index contributed by atoms with van der Waals surface area (Å²) in [6, 6.07) is 12.3. The number of benzene rings is 2. The Labute approximate surface area is 165 Å². The third kappa shape index (κ3) is 6.47. The van der Waals surface area contributed by atoms with Crippen molar-refractivity contribution in [3.63, 3.8) is 0 Å². The van der Waals surface area contributed by atoms with E-state index in [-0.39, 0.29) is 17.6 Å². The van der Waals surface area contributed by atoms with Crippen LogP contribution < -0.4 is 10.9 Å². The third-order valence-corrected chi connectivity index (χ3v) is 5.45. The van der Waals surface area contributed by atoms with Gasteiger partial charge in [0.25, 0.3) is 5.91 Å². The zero-order valence-electron chi connectivity index (χ0n) is 13.3. The van der Waals surface area contributed by atoms with Gasteiger partial charge in [-0.05, 0) is 42.2 Å². The average molecular weight is 415 g/mol. The molecule has 2 aromatic carbocycles. The molecule has 0 radical (unpaired) electrons. The van der Waals surface area contributed by atoms with Gasteiger partial charge < -0.3 is 0 Å². The Balaban J connectivity index is 1.81. The Morgan fingerprint density at radius 1 is 1.04 bits per heavy atom. The number of carbonyl (C=O) groups excluding carboxylic acids is 2. The number of halogens is 2. The van der Waals surface area contributed by atoms with Gasteiger partial charge in [0.2, 0.25) is 5.91 Å². The van der Waals surface area contributed by atoms with Crippen molar-refractivity contribution in [2.75, 3.05) is 12.0 Å². The molecule has 0 fully saturated rings. The molecule has 0 saturated heterocycles. The Kier molecular flexibility index (Phi) is 7.96. The van der Waals surface area contributed by atoms with Crippen LogP contribution in [0.2, 0.25) is 10.0 Å². The summed E-state index contributed by atoms with van der Waals surface area (Å²) in [6.07, 6.45) is 2.02. The van der Waals surface area contributed by atoms with Crippen LogP contribution in [-0.2, 0) is 10.5 Å². The van der Waals surface area contributed by atoms with Crippen molar-refractivity contribution in [3.05, 3.63) is 63.6 Å². The van der Waals surface area contributed by atoms with Crippen molar-refractivity contribution in [1.29, 1.82) is 0 Å². The largest absolute Gasteiger partial charge is 0.272 e. The molecule has 0 saturated carbocycles. The van der Waals surface area contributed by atoms with E-state index in [1.54, 1.807) is 42.1 Å². The molecule has 0 aromatic heterocycles. The fraction of sp³-hybridized carbons (Fsp3) is 0.176. The number of thioether (sulfide) groups is 2. The van der Waals surface area contributed by atoms with Crippen LogP contribution in [0.5, 0.6) is 0 Å². The van der Waals surface area contributed by atoms with E-state index in [1.807, 2.05) is 18.4 Å². The van der Waals surface area contributed by atoms with Gasteiger partial charge in [-0.3, -0.25) is 20.4 Å². The Bertz CT molecular complexity index is 755. The monoisotopic (exact) mass is 414 g/mol. The fourth-order valence-electron chi connectivity index (χ4n) is 1.88. The summed E-state index contributed by atoms with van der Waals surface area (Å²) in [5, 5.41) is 1.07. The van der Waals surface area contributed by atoms with Crippen molar-refractivity contribution in [2.24, 2.45) is 0 Å². The Morgan fingerprint density at radius 3 is 2.44 bits per heavy atom. The second kappa shape index (κ2) is 9.97. The van der Waals surface area contributed by atoms with Gasteiger partial charge in [0.05, 0.1) is 10.8 Å². The molecule has 8 heteroatoms. The van der Waals surface area contributed by atoms with Gasteiger partial charge in [-0.25, -0.2) is 0 Å². The van der Waals surface area contributed by atoms with Gasteiger partial charge in [0, 0.05) is 21.2 Å². The molecule has 0 spiro atoms. The van der Waals surface area contributed by atoms with E-state index >= 15 is 0 Å². The van der Waals surface area contributed by atoms with E-state index < -0.39 is 0 Å². The molecule has 0 aliphatic carbocycles. The zero-order chi connectivity index (χ0) is 18.2. The molecule has 0 atom stereocenters.